The molecule has 0 bridgehead atoms. The van der Waals surface area contributed by atoms with Crippen LogP contribution in [0.15, 0.2) is 30.3 Å². The van der Waals surface area contributed by atoms with Crippen LogP contribution < -0.4 is 5.32 Å². The molecule has 0 fully saturated rings. The summed E-state index contributed by atoms with van der Waals surface area (Å²) in [7, 11) is 0. The van der Waals surface area contributed by atoms with Crippen LogP contribution in [0.2, 0.25) is 0 Å². The highest BCUT2D eigenvalue weighted by Crippen LogP contribution is 2.22. The summed E-state index contributed by atoms with van der Waals surface area (Å²) in [5.74, 6) is -1.30. The number of aromatic nitrogens is 2. The van der Waals surface area contributed by atoms with Crippen molar-refractivity contribution in [3.63, 3.8) is 0 Å². The Morgan fingerprint density at radius 3 is 2.37 bits per heavy atom. The Labute approximate surface area is 160 Å². The van der Waals surface area contributed by atoms with Crippen molar-refractivity contribution >= 4 is 11.9 Å². The zero-order valence-corrected chi connectivity index (χ0v) is 16.7. The number of nitrogens with zero attached hydrogens (tertiary/aromatic N) is 2. The molecule has 0 aliphatic rings. The van der Waals surface area contributed by atoms with E-state index in [0.29, 0.717) is 12.8 Å². The molecular weight excluding hydrogens is 342 g/mol. The summed E-state index contributed by atoms with van der Waals surface area (Å²) >= 11 is 0. The number of carboxylic acid groups (broad SMARTS) is 1. The van der Waals surface area contributed by atoms with Crippen LogP contribution in [0.3, 0.4) is 0 Å². The van der Waals surface area contributed by atoms with Crippen LogP contribution >= 0.6 is 0 Å². The lowest BCUT2D eigenvalue weighted by Gasteiger charge is -2.21. The Balaban J connectivity index is 2.11. The molecule has 146 valence electrons. The molecule has 0 aliphatic heterocycles. The second-order valence-electron chi connectivity index (χ2n) is 8.13. The van der Waals surface area contributed by atoms with Crippen LogP contribution in [0.5, 0.6) is 0 Å². The smallest absolute Gasteiger partial charge is 0.326 e. The molecule has 0 aliphatic carbocycles. The molecule has 6 nitrogen and oxygen atoms in total. The molecule has 0 spiro atoms. The number of aliphatic carboxylic acids is 1. The van der Waals surface area contributed by atoms with E-state index < -0.39 is 12.0 Å². The summed E-state index contributed by atoms with van der Waals surface area (Å²) in [6.07, 6.45) is 1.24. The van der Waals surface area contributed by atoms with Crippen LogP contribution in [0.25, 0.3) is 5.69 Å². The van der Waals surface area contributed by atoms with E-state index in [1.807, 2.05) is 48.9 Å². The molecule has 0 saturated carbocycles. The number of hydrogen-bond acceptors (Lipinski definition) is 3. The molecule has 1 aromatic heterocycles. The summed E-state index contributed by atoms with van der Waals surface area (Å²) in [4.78, 5) is 24.0. The van der Waals surface area contributed by atoms with Gasteiger partial charge in [0, 0.05) is 11.3 Å². The van der Waals surface area contributed by atoms with Crippen LogP contribution in [0.4, 0.5) is 0 Å². The average molecular weight is 371 g/mol. The molecule has 1 unspecified atom stereocenters. The largest absolute Gasteiger partial charge is 0.480 e. The lowest BCUT2D eigenvalue weighted by atomic mass is 9.88. The normalized spacial score (nSPS) is 12.6. The fourth-order valence-electron chi connectivity index (χ4n) is 2.99. The molecule has 2 aromatic rings. The van der Waals surface area contributed by atoms with Crippen molar-refractivity contribution in [2.45, 2.75) is 59.9 Å². The minimum atomic E-state index is -0.999. The molecule has 1 amide bonds. The van der Waals surface area contributed by atoms with Crippen LogP contribution in [0.1, 0.15) is 50.6 Å². The first-order valence-electron chi connectivity index (χ1n) is 9.21. The Bertz CT molecular complexity index is 804. The third-order valence-corrected chi connectivity index (χ3v) is 4.60. The van der Waals surface area contributed by atoms with E-state index in [0.717, 1.165) is 22.6 Å². The van der Waals surface area contributed by atoms with Gasteiger partial charge in [-0.25, -0.2) is 9.48 Å². The SMILES string of the molecule is Cc1nn(-c2ccccc2)c(C)c1CC(=O)NC(CCC(C)(C)C)C(=O)O. The van der Waals surface area contributed by atoms with Gasteiger partial charge in [0.15, 0.2) is 0 Å². The zero-order chi connectivity index (χ0) is 20.2. The summed E-state index contributed by atoms with van der Waals surface area (Å²) in [6.45, 7) is 9.95. The van der Waals surface area contributed by atoms with Gasteiger partial charge in [0.05, 0.1) is 17.8 Å². The van der Waals surface area contributed by atoms with E-state index in [1.165, 1.54) is 0 Å². The molecule has 1 aromatic carbocycles. The van der Waals surface area contributed by atoms with Crippen molar-refractivity contribution in [1.29, 1.82) is 0 Å². The number of carboxylic acids is 1. The van der Waals surface area contributed by atoms with E-state index in [9.17, 15) is 14.7 Å². The lowest BCUT2D eigenvalue weighted by Crippen LogP contribution is -2.42. The van der Waals surface area contributed by atoms with Gasteiger partial charge in [0.25, 0.3) is 0 Å². The molecular formula is C21H29N3O3. The van der Waals surface area contributed by atoms with E-state index >= 15 is 0 Å². The van der Waals surface area contributed by atoms with Gasteiger partial charge in [0.2, 0.25) is 5.91 Å². The van der Waals surface area contributed by atoms with E-state index in [1.54, 1.807) is 0 Å². The summed E-state index contributed by atoms with van der Waals surface area (Å²) < 4.78 is 1.81. The number of para-hydroxylation sites is 1. The molecule has 6 heteroatoms. The third kappa shape index (κ3) is 5.67. The van der Waals surface area contributed by atoms with Crippen molar-refractivity contribution in [1.82, 2.24) is 15.1 Å². The minimum Gasteiger partial charge on any atom is -0.480 e. The number of amides is 1. The monoisotopic (exact) mass is 371 g/mol. The minimum absolute atomic E-state index is 0.0163. The van der Waals surface area contributed by atoms with Gasteiger partial charge in [-0.1, -0.05) is 39.0 Å². The highest BCUT2D eigenvalue weighted by molar-refractivity contribution is 5.85. The van der Waals surface area contributed by atoms with Gasteiger partial charge in [-0.2, -0.15) is 5.10 Å². The van der Waals surface area contributed by atoms with Crippen molar-refractivity contribution in [3.8, 4) is 5.69 Å². The summed E-state index contributed by atoms with van der Waals surface area (Å²) in [6, 6.07) is 8.84. The van der Waals surface area contributed by atoms with Gasteiger partial charge in [-0.05, 0) is 44.2 Å². The van der Waals surface area contributed by atoms with Crippen molar-refractivity contribution in [3.05, 3.63) is 47.3 Å². The van der Waals surface area contributed by atoms with Crippen LogP contribution in [0, 0.1) is 19.3 Å². The predicted molar refractivity (Wildman–Crippen MR) is 105 cm³/mol. The molecule has 2 rings (SSSR count). The first-order valence-corrected chi connectivity index (χ1v) is 9.21. The maximum Gasteiger partial charge on any atom is 0.326 e. The third-order valence-electron chi connectivity index (χ3n) is 4.60. The number of nitrogens with one attached hydrogen (secondary N) is 1. The first kappa shape index (κ1) is 20.7. The zero-order valence-electron chi connectivity index (χ0n) is 16.7. The highest BCUT2D eigenvalue weighted by Gasteiger charge is 2.24. The maximum absolute atomic E-state index is 12.5. The number of aryl methyl sites for hydroxylation is 1. The lowest BCUT2D eigenvalue weighted by molar-refractivity contribution is -0.142. The quantitative estimate of drug-likeness (QED) is 0.781. The predicted octanol–water partition coefficient (Wildman–Crippen LogP) is 3.43. The number of carbonyl (C=O) groups excluding carboxylic acids is 1. The number of benzene rings is 1. The highest BCUT2D eigenvalue weighted by atomic mass is 16.4. The van der Waals surface area contributed by atoms with Crippen molar-refractivity contribution < 1.29 is 14.7 Å². The number of carbonyl (C=O) groups is 2. The summed E-state index contributed by atoms with van der Waals surface area (Å²) in [5, 5.41) is 16.6. The molecule has 27 heavy (non-hydrogen) atoms. The van der Waals surface area contributed by atoms with Gasteiger partial charge in [-0.3, -0.25) is 4.79 Å². The maximum atomic E-state index is 12.5. The number of rotatable bonds is 7. The van der Waals surface area contributed by atoms with Gasteiger partial charge >= 0.3 is 5.97 Å². The van der Waals surface area contributed by atoms with Gasteiger partial charge < -0.3 is 10.4 Å². The fourth-order valence-corrected chi connectivity index (χ4v) is 2.99. The van der Waals surface area contributed by atoms with Gasteiger partial charge in [-0.15, -0.1) is 0 Å². The van der Waals surface area contributed by atoms with E-state index in [2.05, 4.69) is 31.2 Å². The standard InChI is InChI=1S/C21H29N3O3/c1-14-17(15(2)24(23-14)16-9-7-6-8-10-16)13-19(25)22-18(20(26)27)11-12-21(3,4)5/h6-10,18H,11-13H2,1-5H3,(H,22,25)(H,26,27). The Hall–Kier alpha value is -2.63. The topological polar surface area (TPSA) is 84.2 Å². The van der Waals surface area contributed by atoms with Crippen LogP contribution in [-0.4, -0.2) is 32.8 Å². The molecule has 0 radical (unpaired) electrons. The first-order chi connectivity index (χ1) is 12.6. The number of hydrogen-bond donors (Lipinski definition) is 2. The summed E-state index contributed by atoms with van der Waals surface area (Å²) in [5.41, 5.74) is 3.43. The van der Waals surface area contributed by atoms with E-state index in [-0.39, 0.29) is 17.7 Å². The van der Waals surface area contributed by atoms with Crippen LogP contribution in [-0.2, 0) is 16.0 Å². The van der Waals surface area contributed by atoms with Gasteiger partial charge in [0.1, 0.15) is 6.04 Å². The van der Waals surface area contributed by atoms with Crippen molar-refractivity contribution in [2.24, 2.45) is 5.41 Å². The molecule has 0 saturated heterocycles. The Kier molecular flexibility index (Phi) is 6.41. The Morgan fingerprint density at radius 1 is 1.19 bits per heavy atom. The van der Waals surface area contributed by atoms with Crippen molar-refractivity contribution in [2.75, 3.05) is 0 Å². The van der Waals surface area contributed by atoms with E-state index in [4.69, 9.17) is 0 Å². The Morgan fingerprint density at radius 2 is 1.81 bits per heavy atom. The molecule has 1 heterocycles. The average Bonchev–Trinajstić information content (AvgIpc) is 2.86. The fraction of sp³-hybridized carbons (Fsp3) is 0.476. The second-order valence-corrected chi connectivity index (χ2v) is 8.13. The molecule has 2 N–H and O–H groups in total. The molecule has 1 atom stereocenters. The second kappa shape index (κ2) is 8.37.